The Hall–Kier alpha value is -1.75. The van der Waals surface area contributed by atoms with E-state index < -0.39 is 5.56 Å². The van der Waals surface area contributed by atoms with Crippen LogP contribution in [0.15, 0.2) is 33.9 Å². The monoisotopic (exact) mass is 235 g/mol. The third kappa shape index (κ3) is 1.81. The molecule has 1 aromatic heterocycles. The summed E-state index contributed by atoms with van der Waals surface area (Å²) in [5.41, 5.74) is -0.394. The smallest absolute Gasteiger partial charge is 0.298 e. The quantitative estimate of drug-likeness (QED) is 0.780. The molecule has 0 saturated carbocycles. The van der Waals surface area contributed by atoms with Crippen molar-refractivity contribution in [2.24, 2.45) is 0 Å². The highest BCUT2D eigenvalue weighted by atomic mass is 32.1. The van der Waals surface area contributed by atoms with Crippen LogP contribution in [0, 0.1) is 0 Å². The number of fused-ring (bicyclic) bond motifs is 1. The number of hydrogen-bond donors (Lipinski definition) is 0. The molecule has 0 unspecified atom stereocenters. The van der Waals surface area contributed by atoms with Crippen LogP contribution in [0.1, 0.15) is 6.92 Å². The van der Waals surface area contributed by atoms with E-state index in [9.17, 15) is 14.4 Å². The molecule has 0 aliphatic carbocycles. The Bertz CT molecular complexity index is 669. The van der Waals surface area contributed by atoms with Crippen molar-refractivity contribution in [1.82, 2.24) is 4.57 Å². The van der Waals surface area contributed by atoms with Gasteiger partial charge in [0.1, 0.15) is 5.78 Å². The maximum atomic E-state index is 11.9. The molecule has 0 aliphatic rings. The van der Waals surface area contributed by atoms with Gasteiger partial charge in [-0.3, -0.25) is 19.0 Å². The Morgan fingerprint density at radius 3 is 2.69 bits per heavy atom. The zero-order valence-corrected chi connectivity index (χ0v) is 9.41. The van der Waals surface area contributed by atoms with Gasteiger partial charge in [0.25, 0.3) is 5.56 Å². The van der Waals surface area contributed by atoms with Crippen LogP contribution in [0.3, 0.4) is 0 Å². The van der Waals surface area contributed by atoms with Crippen LogP contribution in [0.2, 0.25) is 0 Å². The fraction of sp³-hybridized carbons (Fsp3) is 0.182. The summed E-state index contributed by atoms with van der Waals surface area (Å²) in [6.45, 7) is 1.20. The summed E-state index contributed by atoms with van der Waals surface area (Å²) in [5, 5.41) is 0.480. The molecule has 4 nitrogen and oxygen atoms in total. The van der Waals surface area contributed by atoms with Crippen LogP contribution in [0.5, 0.6) is 0 Å². The first-order valence-electron chi connectivity index (χ1n) is 4.71. The van der Waals surface area contributed by atoms with Crippen LogP contribution in [0.25, 0.3) is 10.1 Å². The second kappa shape index (κ2) is 4.02. The van der Waals surface area contributed by atoms with Gasteiger partial charge < -0.3 is 0 Å². The molecule has 0 amide bonds. The van der Waals surface area contributed by atoms with E-state index in [4.69, 9.17) is 0 Å². The first-order chi connectivity index (χ1) is 7.59. The Kier molecular flexibility index (Phi) is 2.70. The average molecular weight is 235 g/mol. The fourth-order valence-corrected chi connectivity index (χ4v) is 2.33. The second-order valence-electron chi connectivity index (χ2n) is 3.46. The summed E-state index contributed by atoms with van der Waals surface area (Å²) in [6.07, 6.45) is 0. The molecule has 0 spiro atoms. The maximum absolute atomic E-state index is 11.9. The topological polar surface area (TPSA) is 56.1 Å². The van der Waals surface area contributed by atoms with Gasteiger partial charge >= 0.3 is 4.87 Å². The van der Waals surface area contributed by atoms with Crippen molar-refractivity contribution < 1.29 is 4.79 Å². The Balaban J connectivity index is 2.81. The van der Waals surface area contributed by atoms with Gasteiger partial charge in [-0.1, -0.05) is 23.5 Å². The molecule has 0 saturated heterocycles. The second-order valence-corrected chi connectivity index (χ2v) is 4.45. The van der Waals surface area contributed by atoms with Crippen molar-refractivity contribution in [3.63, 3.8) is 0 Å². The molecule has 82 valence electrons. The standard InChI is InChI=1S/C11H9NO3S/c1-7(13)6-12-10(14)8-4-2-3-5-9(8)16-11(12)15/h2-5H,6H2,1H3. The maximum Gasteiger partial charge on any atom is 0.310 e. The molecule has 0 radical (unpaired) electrons. The predicted molar refractivity (Wildman–Crippen MR) is 63.0 cm³/mol. The lowest BCUT2D eigenvalue weighted by Gasteiger charge is -2.02. The van der Waals surface area contributed by atoms with Crippen molar-refractivity contribution in [2.45, 2.75) is 13.5 Å². The largest absolute Gasteiger partial charge is 0.310 e. The summed E-state index contributed by atoms with van der Waals surface area (Å²) >= 11 is 0.980. The minimum atomic E-state index is -0.394. The van der Waals surface area contributed by atoms with E-state index in [0.717, 1.165) is 15.9 Å². The molecule has 0 fully saturated rings. The minimum Gasteiger partial charge on any atom is -0.298 e. The van der Waals surface area contributed by atoms with E-state index in [1.807, 2.05) is 0 Å². The van der Waals surface area contributed by atoms with Gasteiger partial charge in [0, 0.05) is 4.70 Å². The summed E-state index contributed by atoms with van der Waals surface area (Å²) in [6, 6.07) is 6.89. The van der Waals surface area contributed by atoms with E-state index in [1.54, 1.807) is 24.3 Å². The minimum absolute atomic E-state index is 0.154. The van der Waals surface area contributed by atoms with E-state index >= 15 is 0 Å². The molecule has 0 N–H and O–H groups in total. The number of hydrogen-bond acceptors (Lipinski definition) is 4. The first kappa shape index (κ1) is 10.8. The fourth-order valence-electron chi connectivity index (χ4n) is 1.47. The predicted octanol–water partition coefficient (Wildman–Crippen LogP) is 1.01. The highest BCUT2D eigenvalue weighted by Crippen LogP contribution is 2.10. The third-order valence-corrected chi connectivity index (χ3v) is 3.13. The first-order valence-corrected chi connectivity index (χ1v) is 5.53. The lowest BCUT2D eigenvalue weighted by Crippen LogP contribution is -2.33. The summed E-state index contributed by atoms with van der Waals surface area (Å²) in [7, 11) is 0. The van der Waals surface area contributed by atoms with Crippen LogP contribution in [-0.4, -0.2) is 10.4 Å². The summed E-state index contributed by atoms with van der Waals surface area (Å²) in [5.74, 6) is -0.207. The average Bonchev–Trinajstić information content (AvgIpc) is 2.24. The van der Waals surface area contributed by atoms with Gasteiger partial charge in [-0.25, -0.2) is 0 Å². The number of carbonyl (C=O) groups is 1. The van der Waals surface area contributed by atoms with Gasteiger partial charge in [0.05, 0.1) is 11.9 Å². The number of benzene rings is 1. The molecule has 0 bridgehead atoms. The molecular weight excluding hydrogens is 226 g/mol. The van der Waals surface area contributed by atoms with Crippen molar-refractivity contribution in [1.29, 1.82) is 0 Å². The molecule has 0 atom stereocenters. The number of ketones is 1. The van der Waals surface area contributed by atoms with Crippen molar-refractivity contribution in [3.8, 4) is 0 Å². The number of aromatic nitrogens is 1. The van der Waals surface area contributed by atoms with Crippen LogP contribution >= 0.6 is 11.3 Å². The molecular formula is C11H9NO3S. The zero-order valence-electron chi connectivity index (χ0n) is 8.60. The number of Topliss-reactive ketones (excluding diaryl/α,β-unsaturated/α-hetero) is 1. The summed E-state index contributed by atoms with van der Waals surface area (Å²) in [4.78, 5) is 34.1. The molecule has 0 aliphatic heterocycles. The summed E-state index contributed by atoms with van der Waals surface area (Å²) < 4.78 is 1.63. The third-order valence-electron chi connectivity index (χ3n) is 2.16. The lowest BCUT2D eigenvalue weighted by molar-refractivity contribution is -0.117. The van der Waals surface area contributed by atoms with Crippen LogP contribution in [-0.2, 0) is 11.3 Å². The number of carbonyl (C=O) groups excluding carboxylic acids is 1. The van der Waals surface area contributed by atoms with E-state index in [2.05, 4.69) is 0 Å². The van der Waals surface area contributed by atoms with Gasteiger partial charge in [-0.15, -0.1) is 0 Å². The SMILES string of the molecule is CC(=O)Cn1c(=O)sc2ccccc2c1=O. The van der Waals surface area contributed by atoms with E-state index in [-0.39, 0.29) is 17.2 Å². The molecule has 1 heterocycles. The van der Waals surface area contributed by atoms with E-state index in [0.29, 0.717) is 10.1 Å². The normalized spacial score (nSPS) is 10.6. The zero-order chi connectivity index (χ0) is 11.7. The molecule has 2 aromatic rings. The van der Waals surface area contributed by atoms with Gasteiger partial charge in [-0.2, -0.15) is 0 Å². The lowest BCUT2D eigenvalue weighted by atomic mass is 10.3. The van der Waals surface area contributed by atoms with Gasteiger partial charge in [0.2, 0.25) is 0 Å². The molecule has 2 rings (SSSR count). The van der Waals surface area contributed by atoms with Crippen LogP contribution in [0.4, 0.5) is 0 Å². The molecule has 1 aromatic carbocycles. The van der Waals surface area contributed by atoms with Crippen LogP contribution < -0.4 is 10.4 Å². The van der Waals surface area contributed by atoms with E-state index in [1.165, 1.54) is 6.92 Å². The highest BCUT2D eigenvalue weighted by molar-refractivity contribution is 7.16. The molecule has 16 heavy (non-hydrogen) atoms. The van der Waals surface area contributed by atoms with Crippen molar-refractivity contribution in [3.05, 3.63) is 44.3 Å². The number of rotatable bonds is 2. The van der Waals surface area contributed by atoms with Gasteiger partial charge in [-0.05, 0) is 19.1 Å². The Morgan fingerprint density at radius 1 is 1.31 bits per heavy atom. The molecule has 5 heteroatoms. The van der Waals surface area contributed by atoms with Crippen molar-refractivity contribution in [2.75, 3.05) is 0 Å². The number of nitrogens with zero attached hydrogens (tertiary/aromatic N) is 1. The Morgan fingerprint density at radius 2 is 2.00 bits per heavy atom. The van der Waals surface area contributed by atoms with Gasteiger partial charge in [0.15, 0.2) is 0 Å². The van der Waals surface area contributed by atoms with Crippen molar-refractivity contribution >= 4 is 27.2 Å². The highest BCUT2D eigenvalue weighted by Gasteiger charge is 2.08. The Labute approximate surface area is 94.8 Å².